The van der Waals surface area contributed by atoms with Gasteiger partial charge in [0.15, 0.2) is 0 Å². The highest BCUT2D eigenvalue weighted by Gasteiger charge is 2.33. The summed E-state index contributed by atoms with van der Waals surface area (Å²) in [4.78, 5) is 16.0. The van der Waals surface area contributed by atoms with E-state index in [1.807, 2.05) is 37.8 Å². The molecule has 202 valence electrons. The SMILES string of the molecule is Cc1cc(C)c(S(=O)(=O)N2CCN(c3cnn(-c4cccc(Cl)c4)c(=O)c3OC3CCCC3)CC2)c(C)c1. The zero-order valence-corrected chi connectivity index (χ0v) is 23.6. The summed E-state index contributed by atoms with van der Waals surface area (Å²) in [6.45, 7) is 7.10. The molecule has 10 heteroatoms. The largest absolute Gasteiger partial charge is 0.483 e. The molecule has 0 atom stereocenters. The molecule has 0 unspecified atom stereocenters. The molecule has 38 heavy (non-hydrogen) atoms. The summed E-state index contributed by atoms with van der Waals surface area (Å²) in [5.74, 6) is 0.258. The van der Waals surface area contributed by atoms with Crippen LogP contribution in [0.1, 0.15) is 42.4 Å². The summed E-state index contributed by atoms with van der Waals surface area (Å²) in [5.41, 5.74) is 3.36. The van der Waals surface area contributed by atoms with Gasteiger partial charge in [0, 0.05) is 31.2 Å². The highest BCUT2D eigenvalue weighted by Crippen LogP contribution is 2.32. The van der Waals surface area contributed by atoms with E-state index in [0.29, 0.717) is 47.5 Å². The normalized spacial score (nSPS) is 17.2. The van der Waals surface area contributed by atoms with Gasteiger partial charge in [0.1, 0.15) is 5.69 Å². The molecule has 1 aromatic heterocycles. The van der Waals surface area contributed by atoms with Crippen LogP contribution in [0, 0.1) is 20.8 Å². The molecule has 2 aliphatic rings. The van der Waals surface area contributed by atoms with Gasteiger partial charge < -0.3 is 9.64 Å². The first-order valence-electron chi connectivity index (χ1n) is 13.0. The molecule has 2 aromatic carbocycles. The maximum Gasteiger partial charge on any atom is 0.316 e. The van der Waals surface area contributed by atoms with Gasteiger partial charge in [-0.2, -0.15) is 14.1 Å². The number of sulfonamides is 1. The Balaban J connectivity index is 1.43. The number of aromatic nitrogens is 2. The zero-order valence-electron chi connectivity index (χ0n) is 22.0. The van der Waals surface area contributed by atoms with Gasteiger partial charge in [-0.1, -0.05) is 35.4 Å². The Hall–Kier alpha value is -2.88. The molecule has 1 saturated carbocycles. The van der Waals surface area contributed by atoms with Crippen molar-refractivity contribution in [2.24, 2.45) is 0 Å². The van der Waals surface area contributed by atoms with E-state index in [-0.39, 0.29) is 17.4 Å². The number of anilines is 1. The van der Waals surface area contributed by atoms with E-state index in [1.54, 1.807) is 30.5 Å². The van der Waals surface area contributed by atoms with Crippen molar-refractivity contribution in [3.63, 3.8) is 0 Å². The van der Waals surface area contributed by atoms with Crippen molar-refractivity contribution in [2.75, 3.05) is 31.1 Å². The van der Waals surface area contributed by atoms with Crippen molar-refractivity contribution in [3.8, 4) is 11.4 Å². The third-order valence-electron chi connectivity index (χ3n) is 7.34. The molecule has 0 radical (unpaired) electrons. The van der Waals surface area contributed by atoms with Crippen molar-refractivity contribution >= 4 is 27.3 Å². The molecular formula is C28H33ClN4O4S. The van der Waals surface area contributed by atoms with E-state index < -0.39 is 10.0 Å². The molecule has 1 saturated heterocycles. The van der Waals surface area contributed by atoms with E-state index in [1.165, 1.54) is 8.99 Å². The van der Waals surface area contributed by atoms with Gasteiger partial charge in [-0.05, 0) is 75.8 Å². The van der Waals surface area contributed by atoms with Gasteiger partial charge in [-0.25, -0.2) is 8.42 Å². The lowest BCUT2D eigenvalue weighted by Crippen LogP contribution is -2.49. The Morgan fingerprint density at radius 1 is 0.974 bits per heavy atom. The predicted molar refractivity (Wildman–Crippen MR) is 149 cm³/mol. The summed E-state index contributed by atoms with van der Waals surface area (Å²) in [7, 11) is -3.65. The summed E-state index contributed by atoms with van der Waals surface area (Å²) < 4.78 is 36.3. The lowest BCUT2D eigenvalue weighted by molar-refractivity contribution is 0.205. The highest BCUT2D eigenvalue weighted by atomic mass is 35.5. The molecular weight excluding hydrogens is 524 g/mol. The Bertz CT molecular complexity index is 1480. The molecule has 1 aliphatic carbocycles. The summed E-state index contributed by atoms with van der Waals surface area (Å²) in [5, 5.41) is 4.95. The second kappa shape index (κ2) is 10.7. The van der Waals surface area contributed by atoms with E-state index in [9.17, 15) is 13.2 Å². The standard InChI is InChI=1S/C28H33ClN4O4S/c1-19-15-20(2)27(21(3)16-19)38(35,36)32-13-11-31(12-14-32)25-18-30-33(23-8-6-7-22(29)17-23)28(34)26(25)37-24-9-4-5-10-24/h6-8,15-18,24H,4-5,9-14H2,1-3H3. The van der Waals surface area contributed by atoms with E-state index in [2.05, 4.69) is 5.10 Å². The number of piperazine rings is 1. The van der Waals surface area contributed by atoms with Gasteiger partial charge in [-0.3, -0.25) is 4.79 Å². The minimum Gasteiger partial charge on any atom is -0.483 e. The smallest absolute Gasteiger partial charge is 0.316 e. The zero-order chi connectivity index (χ0) is 27.0. The lowest BCUT2D eigenvalue weighted by atomic mass is 10.1. The van der Waals surface area contributed by atoms with Crippen molar-refractivity contribution in [2.45, 2.75) is 57.5 Å². The maximum absolute atomic E-state index is 13.6. The average Bonchev–Trinajstić information content (AvgIpc) is 3.38. The van der Waals surface area contributed by atoms with Crippen LogP contribution in [0.5, 0.6) is 5.75 Å². The molecule has 0 amide bonds. The molecule has 5 rings (SSSR count). The molecule has 2 heterocycles. The van der Waals surface area contributed by atoms with Crippen LogP contribution in [-0.4, -0.2) is 54.8 Å². The van der Waals surface area contributed by atoms with E-state index in [4.69, 9.17) is 16.3 Å². The van der Waals surface area contributed by atoms with Crippen LogP contribution < -0.4 is 15.2 Å². The second-order valence-corrected chi connectivity index (χ2v) is 12.5. The first-order chi connectivity index (χ1) is 18.1. The van der Waals surface area contributed by atoms with Gasteiger partial charge >= 0.3 is 5.56 Å². The molecule has 0 N–H and O–H groups in total. The number of aryl methyl sites for hydroxylation is 3. The number of nitrogens with zero attached hydrogens (tertiary/aromatic N) is 4. The number of hydrogen-bond donors (Lipinski definition) is 0. The lowest BCUT2D eigenvalue weighted by Gasteiger charge is -2.36. The number of rotatable bonds is 6. The third kappa shape index (κ3) is 5.19. The van der Waals surface area contributed by atoms with Crippen LogP contribution in [0.15, 0.2) is 52.3 Å². The van der Waals surface area contributed by atoms with Crippen molar-refractivity contribution in [1.82, 2.24) is 14.1 Å². The van der Waals surface area contributed by atoms with Gasteiger partial charge in [0.2, 0.25) is 15.8 Å². The molecule has 1 aliphatic heterocycles. The van der Waals surface area contributed by atoms with E-state index >= 15 is 0 Å². The summed E-state index contributed by atoms with van der Waals surface area (Å²) in [6.07, 6.45) is 5.57. The van der Waals surface area contributed by atoms with Crippen molar-refractivity contribution in [1.29, 1.82) is 0 Å². The van der Waals surface area contributed by atoms with Gasteiger partial charge in [0.25, 0.3) is 0 Å². The Morgan fingerprint density at radius 3 is 2.26 bits per heavy atom. The maximum atomic E-state index is 13.6. The predicted octanol–water partition coefficient (Wildman–Crippen LogP) is 4.64. The summed E-state index contributed by atoms with van der Waals surface area (Å²) in [6, 6.07) is 10.8. The second-order valence-electron chi connectivity index (χ2n) is 10.2. The number of halogens is 1. The van der Waals surface area contributed by atoms with Gasteiger partial charge in [-0.15, -0.1) is 0 Å². The topological polar surface area (TPSA) is 84.7 Å². The number of benzene rings is 2. The van der Waals surface area contributed by atoms with Crippen LogP contribution in [-0.2, 0) is 10.0 Å². The Morgan fingerprint density at radius 2 is 1.63 bits per heavy atom. The van der Waals surface area contributed by atoms with Crippen LogP contribution in [0.25, 0.3) is 5.69 Å². The first kappa shape index (κ1) is 26.7. The molecule has 3 aromatic rings. The molecule has 0 spiro atoms. The Kier molecular flexibility index (Phi) is 7.53. The number of ether oxygens (including phenoxy) is 1. The minimum absolute atomic E-state index is 0.0224. The molecule has 8 nitrogen and oxygen atoms in total. The van der Waals surface area contributed by atoms with Crippen molar-refractivity contribution < 1.29 is 13.2 Å². The monoisotopic (exact) mass is 556 g/mol. The van der Waals surface area contributed by atoms with Gasteiger partial charge in [0.05, 0.1) is 22.9 Å². The van der Waals surface area contributed by atoms with Crippen LogP contribution in [0.3, 0.4) is 0 Å². The fraction of sp³-hybridized carbons (Fsp3) is 0.429. The van der Waals surface area contributed by atoms with E-state index in [0.717, 1.165) is 42.4 Å². The van der Waals surface area contributed by atoms with Crippen LogP contribution in [0.2, 0.25) is 5.02 Å². The fourth-order valence-corrected chi connectivity index (χ4v) is 7.62. The minimum atomic E-state index is -3.65. The fourth-order valence-electron chi connectivity index (χ4n) is 5.60. The Labute approximate surface area is 228 Å². The summed E-state index contributed by atoms with van der Waals surface area (Å²) >= 11 is 6.16. The molecule has 2 fully saturated rings. The van der Waals surface area contributed by atoms with Crippen LogP contribution >= 0.6 is 11.6 Å². The highest BCUT2D eigenvalue weighted by molar-refractivity contribution is 7.89. The van der Waals surface area contributed by atoms with Crippen molar-refractivity contribution in [3.05, 3.63) is 74.7 Å². The number of hydrogen-bond acceptors (Lipinski definition) is 6. The quantitative estimate of drug-likeness (QED) is 0.440. The molecule has 0 bridgehead atoms. The third-order valence-corrected chi connectivity index (χ3v) is 9.78. The average molecular weight is 557 g/mol. The first-order valence-corrected chi connectivity index (χ1v) is 14.8. The van der Waals surface area contributed by atoms with Crippen LogP contribution in [0.4, 0.5) is 5.69 Å².